The number of carbonyl (C=O) groups is 1. The lowest BCUT2D eigenvalue weighted by molar-refractivity contribution is -0.143. The van der Waals surface area contributed by atoms with Crippen molar-refractivity contribution < 1.29 is 14.6 Å². The lowest BCUT2D eigenvalue weighted by atomic mass is 9.82. The molecule has 6 heteroatoms. The van der Waals surface area contributed by atoms with E-state index in [1.54, 1.807) is 6.07 Å². The Kier molecular flexibility index (Phi) is 4.98. The number of hydrogen-bond acceptors (Lipinski definition) is 5. The SMILES string of the molecule is CCCOc1cc(C)nc(NC2(C(=O)O)CCCCC2)n1. The molecule has 0 spiro atoms. The largest absolute Gasteiger partial charge is 0.480 e. The van der Waals surface area contributed by atoms with Crippen molar-refractivity contribution >= 4 is 11.9 Å². The molecule has 0 atom stereocenters. The third-order valence-electron chi connectivity index (χ3n) is 3.75. The average molecular weight is 293 g/mol. The molecule has 0 radical (unpaired) electrons. The standard InChI is InChI=1S/C15H23N3O3/c1-3-9-21-12-10-11(2)16-14(17-12)18-15(13(19)20)7-5-4-6-8-15/h10H,3-9H2,1-2H3,(H,19,20)(H,16,17,18). The maximum Gasteiger partial charge on any atom is 0.329 e. The van der Waals surface area contributed by atoms with E-state index in [0.29, 0.717) is 31.3 Å². The molecule has 0 aromatic carbocycles. The number of aromatic nitrogens is 2. The Morgan fingerprint density at radius 3 is 2.71 bits per heavy atom. The number of rotatable bonds is 6. The highest BCUT2D eigenvalue weighted by Crippen LogP contribution is 2.31. The van der Waals surface area contributed by atoms with Crippen LogP contribution in [0.1, 0.15) is 51.1 Å². The van der Waals surface area contributed by atoms with Gasteiger partial charge in [-0.2, -0.15) is 4.98 Å². The summed E-state index contributed by atoms with van der Waals surface area (Å²) in [6.45, 7) is 4.45. The van der Waals surface area contributed by atoms with Gasteiger partial charge in [0.15, 0.2) is 0 Å². The lowest BCUT2D eigenvalue weighted by Gasteiger charge is -2.34. The normalized spacial score (nSPS) is 17.2. The predicted molar refractivity (Wildman–Crippen MR) is 79.6 cm³/mol. The number of nitrogens with zero attached hydrogens (tertiary/aromatic N) is 2. The van der Waals surface area contributed by atoms with Gasteiger partial charge in [-0.1, -0.05) is 26.2 Å². The number of carboxylic acid groups (broad SMARTS) is 1. The highest BCUT2D eigenvalue weighted by Gasteiger charge is 2.40. The summed E-state index contributed by atoms with van der Waals surface area (Å²) in [5.74, 6) is -0.00284. The number of aliphatic carboxylic acids is 1. The first-order valence-electron chi connectivity index (χ1n) is 7.56. The zero-order chi connectivity index (χ0) is 15.3. The second-order valence-corrected chi connectivity index (χ2v) is 5.59. The summed E-state index contributed by atoms with van der Waals surface area (Å²) in [5.41, 5.74) is -0.191. The molecule has 0 unspecified atom stereocenters. The van der Waals surface area contributed by atoms with Crippen LogP contribution in [0.5, 0.6) is 5.88 Å². The van der Waals surface area contributed by atoms with Gasteiger partial charge in [-0.15, -0.1) is 0 Å². The third-order valence-corrected chi connectivity index (χ3v) is 3.75. The molecule has 116 valence electrons. The number of hydrogen-bond donors (Lipinski definition) is 2. The summed E-state index contributed by atoms with van der Waals surface area (Å²) >= 11 is 0. The molecule has 1 aliphatic carbocycles. The van der Waals surface area contributed by atoms with E-state index in [-0.39, 0.29) is 0 Å². The van der Waals surface area contributed by atoms with Crippen molar-refractivity contribution in [1.82, 2.24) is 9.97 Å². The molecular weight excluding hydrogens is 270 g/mol. The summed E-state index contributed by atoms with van der Waals surface area (Å²) < 4.78 is 5.52. The van der Waals surface area contributed by atoms with Gasteiger partial charge in [0.05, 0.1) is 6.61 Å². The molecule has 0 aliphatic heterocycles. The molecule has 1 saturated carbocycles. The minimum Gasteiger partial charge on any atom is -0.480 e. The molecule has 1 aromatic rings. The van der Waals surface area contributed by atoms with Gasteiger partial charge in [-0.25, -0.2) is 9.78 Å². The van der Waals surface area contributed by atoms with Crippen molar-refractivity contribution in [2.75, 3.05) is 11.9 Å². The first-order valence-corrected chi connectivity index (χ1v) is 7.56. The monoisotopic (exact) mass is 293 g/mol. The van der Waals surface area contributed by atoms with Crippen molar-refractivity contribution in [1.29, 1.82) is 0 Å². The van der Waals surface area contributed by atoms with E-state index < -0.39 is 11.5 Å². The van der Waals surface area contributed by atoms with Gasteiger partial charge < -0.3 is 15.2 Å². The van der Waals surface area contributed by atoms with Gasteiger partial charge in [0.25, 0.3) is 0 Å². The Bertz CT molecular complexity index is 499. The van der Waals surface area contributed by atoms with E-state index in [1.807, 2.05) is 13.8 Å². The molecule has 2 N–H and O–H groups in total. The van der Waals surface area contributed by atoms with Crippen molar-refractivity contribution in [3.05, 3.63) is 11.8 Å². The van der Waals surface area contributed by atoms with Gasteiger partial charge in [0.2, 0.25) is 11.8 Å². The van der Waals surface area contributed by atoms with Gasteiger partial charge in [0.1, 0.15) is 5.54 Å². The van der Waals surface area contributed by atoms with Gasteiger partial charge in [-0.3, -0.25) is 0 Å². The Labute approximate surface area is 124 Å². The maximum absolute atomic E-state index is 11.7. The fraction of sp³-hybridized carbons (Fsp3) is 0.667. The second kappa shape index (κ2) is 6.74. The quantitative estimate of drug-likeness (QED) is 0.839. The molecule has 2 rings (SSSR count). The number of carboxylic acids is 1. The molecule has 0 bridgehead atoms. The minimum atomic E-state index is -0.950. The van der Waals surface area contributed by atoms with Crippen LogP contribution in [-0.2, 0) is 4.79 Å². The molecule has 6 nitrogen and oxygen atoms in total. The van der Waals surface area contributed by atoms with Crippen LogP contribution in [0.3, 0.4) is 0 Å². The fourth-order valence-corrected chi connectivity index (χ4v) is 2.64. The van der Waals surface area contributed by atoms with E-state index in [2.05, 4.69) is 15.3 Å². The van der Waals surface area contributed by atoms with E-state index >= 15 is 0 Å². The van der Waals surface area contributed by atoms with Crippen molar-refractivity contribution in [3.8, 4) is 5.88 Å². The Hall–Kier alpha value is -1.85. The van der Waals surface area contributed by atoms with Crippen molar-refractivity contribution in [2.24, 2.45) is 0 Å². The highest BCUT2D eigenvalue weighted by molar-refractivity contribution is 5.82. The fourth-order valence-electron chi connectivity index (χ4n) is 2.64. The van der Waals surface area contributed by atoms with Crippen LogP contribution in [0, 0.1) is 6.92 Å². The maximum atomic E-state index is 11.7. The average Bonchev–Trinajstić information content (AvgIpc) is 2.45. The molecule has 1 aliphatic rings. The molecule has 0 amide bonds. The summed E-state index contributed by atoms with van der Waals surface area (Å²) in [4.78, 5) is 20.3. The Balaban J connectivity index is 2.20. The number of anilines is 1. The number of ether oxygens (including phenoxy) is 1. The molecule has 1 heterocycles. The summed E-state index contributed by atoms with van der Waals surface area (Å²) in [7, 11) is 0. The molecule has 0 saturated heterocycles. The smallest absolute Gasteiger partial charge is 0.329 e. The van der Waals surface area contributed by atoms with E-state index in [0.717, 1.165) is 31.4 Å². The van der Waals surface area contributed by atoms with Crippen molar-refractivity contribution in [2.45, 2.75) is 57.9 Å². The zero-order valence-corrected chi connectivity index (χ0v) is 12.7. The number of nitrogens with one attached hydrogen (secondary N) is 1. The topological polar surface area (TPSA) is 84.3 Å². The second-order valence-electron chi connectivity index (χ2n) is 5.59. The molecular formula is C15H23N3O3. The van der Waals surface area contributed by atoms with Crippen molar-refractivity contribution in [3.63, 3.8) is 0 Å². The van der Waals surface area contributed by atoms with Crippen LogP contribution in [0.15, 0.2) is 6.07 Å². The van der Waals surface area contributed by atoms with E-state index in [1.165, 1.54) is 0 Å². The predicted octanol–water partition coefficient (Wildman–Crippen LogP) is 2.77. The van der Waals surface area contributed by atoms with Crippen LogP contribution in [-0.4, -0.2) is 33.2 Å². The van der Waals surface area contributed by atoms with E-state index in [9.17, 15) is 9.90 Å². The molecule has 21 heavy (non-hydrogen) atoms. The van der Waals surface area contributed by atoms with Gasteiger partial charge in [-0.05, 0) is 26.2 Å². The van der Waals surface area contributed by atoms with Crippen LogP contribution >= 0.6 is 0 Å². The minimum absolute atomic E-state index is 0.338. The number of aryl methyl sites for hydroxylation is 1. The Morgan fingerprint density at radius 1 is 1.38 bits per heavy atom. The summed E-state index contributed by atoms with van der Waals surface area (Å²) in [6, 6.07) is 1.76. The highest BCUT2D eigenvalue weighted by atomic mass is 16.5. The summed E-state index contributed by atoms with van der Waals surface area (Å²) in [6.07, 6.45) is 4.99. The summed E-state index contributed by atoms with van der Waals surface area (Å²) in [5, 5.41) is 12.6. The van der Waals surface area contributed by atoms with E-state index in [4.69, 9.17) is 4.74 Å². The first kappa shape index (κ1) is 15.5. The van der Waals surface area contributed by atoms with Crippen LogP contribution in [0.4, 0.5) is 5.95 Å². The zero-order valence-electron chi connectivity index (χ0n) is 12.7. The first-order chi connectivity index (χ1) is 10.1. The molecule has 1 fully saturated rings. The van der Waals surface area contributed by atoms with Crippen LogP contribution < -0.4 is 10.1 Å². The van der Waals surface area contributed by atoms with Gasteiger partial charge in [0, 0.05) is 11.8 Å². The van der Waals surface area contributed by atoms with Crippen LogP contribution in [0.25, 0.3) is 0 Å². The lowest BCUT2D eigenvalue weighted by Crippen LogP contribution is -2.48. The van der Waals surface area contributed by atoms with Gasteiger partial charge >= 0.3 is 5.97 Å². The third kappa shape index (κ3) is 3.83. The Morgan fingerprint density at radius 2 is 2.10 bits per heavy atom. The van der Waals surface area contributed by atoms with Crippen LogP contribution in [0.2, 0.25) is 0 Å². The molecule has 1 aromatic heterocycles.